The van der Waals surface area contributed by atoms with E-state index in [9.17, 15) is 0 Å². The second-order valence-electron chi connectivity index (χ2n) is 5.63. The van der Waals surface area contributed by atoms with Gasteiger partial charge in [0.1, 0.15) is 5.65 Å². The Balaban J connectivity index is 2.03. The van der Waals surface area contributed by atoms with E-state index in [-0.39, 0.29) is 0 Å². The molecule has 0 bridgehead atoms. The van der Waals surface area contributed by atoms with Gasteiger partial charge in [-0.05, 0) is 44.9 Å². The Bertz CT molecular complexity index is 575. The average molecular weight is 272 g/mol. The molecule has 3 heterocycles. The highest BCUT2D eigenvalue weighted by molar-refractivity contribution is 5.56. The third-order valence-corrected chi connectivity index (χ3v) is 4.23. The molecule has 4 heteroatoms. The highest BCUT2D eigenvalue weighted by atomic mass is 15.3. The van der Waals surface area contributed by atoms with E-state index >= 15 is 0 Å². The Morgan fingerprint density at radius 1 is 1.35 bits per heavy atom. The molecule has 108 valence electrons. The number of aromatic nitrogens is 2. The minimum absolute atomic E-state index is 0.592. The molecule has 1 atom stereocenters. The van der Waals surface area contributed by atoms with Crippen LogP contribution in [0.1, 0.15) is 38.8 Å². The molecule has 0 amide bonds. The van der Waals surface area contributed by atoms with Crippen molar-refractivity contribution < 1.29 is 0 Å². The minimum Gasteiger partial charge on any atom is -0.352 e. The van der Waals surface area contributed by atoms with Crippen molar-refractivity contribution in [2.75, 3.05) is 18.0 Å². The molecule has 2 aromatic heterocycles. The van der Waals surface area contributed by atoms with Gasteiger partial charge in [-0.2, -0.15) is 0 Å². The fraction of sp³-hybridized carbons (Fsp3) is 0.562. The van der Waals surface area contributed by atoms with Gasteiger partial charge in [-0.15, -0.1) is 0 Å². The fourth-order valence-corrected chi connectivity index (χ4v) is 3.08. The summed E-state index contributed by atoms with van der Waals surface area (Å²) in [6, 6.07) is 6.82. The second-order valence-corrected chi connectivity index (χ2v) is 5.63. The van der Waals surface area contributed by atoms with E-state index in [1.807, 2.05) is 0 Å². The van der Waals surface area contributed by atoms with Gasteiger partial charge in [0.15, 0.2) is 5.82 Å². The van der Waals surface area contributed by atoms with Crippen molar-refractivity contribution >= 4 is 11.5 Å². The molecule has 0 radical (unpaired) electrons. The first-order valence-corrected chi connectivity index (χ1v) is 7.74. The van der Waals surface area contributed by atoms with Crippen molar-refractivity contribution in [2.24, 2.45) is 0 Å². The molecule has 20 heavy (non-hydrogen) atoms. The van der Waals surface area contributed by atoms with Crippen molar-refractivity contribution in [2.45, 2.75) is 45.7 Å². The quantitative estimate of drug-likeness (QED) is 0.929. The summed E-state index contributed by atoms with van der Waals surface area (Å²) in [6.07, 6.45) is 6.01. The van der Waals surface area contributed by atoms with Crippen molar-refractivity contribution in [3.05, 3.63) is 30.1 Å². The van der Waals surface area contributed by atoms with Gasteiger partial charge in [-0.25, -0.2) is 4.98 Å². The van der Waals surface area contributed by atoms with Gasteiger partial charge in [-0.1, -0.05) is 13.0 Å². The number of pyridine rings is 1. The number of anilines is 1. The molecule has 1 aliphatic heterocycles. The van der Waals surface area contributed by atoms with Gasteiger partial charge >= 0.3 is 0 Å². The third kappa shape index (κ3) is 2.40. The Labute approximate surface area is 120 Å². The molecule has 1 unspecified atom stereocenters. The van der Waals surface area contributed by atoms with Gasteiger partial charge in [0.2, 0.25) is 0 Å². The lowest BCUT2D eigenvalue weighted by molar-refractivity contribution is 0.480. The predicted octanol–water partition coefficient (Wildman–Crippen LogP) is 2.82. The van der Waals surface area contributed by atoms with Gasteiger partial charge in [0, 0.05) is 25.3 Å². The van der Waals surface area contributed by atoms with Crippen molar-refractivity contribution in [3.63, 3.8) is 0 Å². The van der Waals surface area contributed by atoms with Gasteiger partial charge in [0.05, 0.1) is 5.69 Å². The minimum atomic E-state index is 0.592. The standard InChI is InChI=1S/C16H24N4/c1-3-17-12-14-16(19-10-6-4-8-13(19)2)18-15-9-5-7-11-20(14)15/h5,7,9,11,13,17H,3-4,6,8,10,12H2,1-2H3. The van der Waals surface area contributed by atoms with Crippen LogP contribution in [-0.4, -0.2) is 28.5 Å². The molecule has 1 aliphatic rings. The molecule has 1 fully saturated rings. The van der Waals surface area contributed by atoms with E-state index in [2.05, 4.69) is 52.9 Å². The summed E-state index contributed by atoms with van der Waals surface area (Å²) in [5.74, 6) is 1.17. The summed E-state index contributed by atoms with van der Waals surface area (Å²) in [6.45, 7) is 7.45. The smallest absolute Gasteiger partial charge is 0.152 e. The summed E-state index contributed by atoms with van der Waals surface area (Å²) in [4.78, 5) is 7.38. The van der Waals surface area contributed by atoms with Crippen LogP contribution in [0.15, 0.2) is 24.4 Å². The summed E-state index contributed by atoms with van der Waals surface area (Å²) >= 11 is 0. The van der Waals surface area contributed by atoms with E-state index in [0.717, 1.165) is 25.3 Å². The Morgan fingerprint density at radius 3 is 3.05 bits per heavy atom. The molecule has 0 aromatic carbocycles. The first kappa shape index (κ1) is 13.4. The molecule has 0 saturated carbocycles. The number of nitrogens with one attached hydrogen (secondary N) is 1. The van der Waals surface area contributed by atoms with Crippen molar-refractivity contribution in [3.8, 4) is 0 Å². The van der Waals surface area contributed by atoms with Crippen LogP contribution in [0.3, 0.4) is 0 Å². The van der Waals surface area contributed by atoms with Gasteiger partial charge < -0.3 is 14.6 Å². The lowest BCUT2D eigenvalue weighted by atomic mass is 10.0. The molecule has 3 rings (SSSR count). The molecule has 2 aromatic rings. The lowest BCUT2D eigenvalue weighted by Gasteiger charge is -2.34. The Morgan fingerprint density at radius 2 is 2.25 bits per heavy atom. The third-order valence-electron chi connectivity index (χ3n) is 4.23. The zero-order valence-electron chi connectivity index (χ0n) is 12.5. The van der Waals surface area contributed by atoms with Crippen LogP contribution < -0.4 is 10.2 Å². The molecule has 1 N–H and O–H groups in total. The lowest BCUT2D eigenvalue weighted by Crippen LogP contribution is -2.38. The van der Waals surface area contributed by atoms with Gasteiger partial charge in [0.25, 0.3) is 0 Å². The fourth-order valence-electron chi connectivity index (χ4n) is 3.08. The number of hydrogen-bond acceptors (Lipinski definition) is 3. The maximum absolute atomic E-state index is 4.89. The van der Waals surface area contributed by atoms with Crippen molar-refractivity contribution in [1.82, 2.24) is 14.7 Å². The monoisotopic (exact) mass is 272 g/mol. The zero-order chi connectivity index (χ0) is 13.9. The highest BCUT2D eigenvalue weighted by Crippen LogP contribution is 2.28. The average Bonchev–Trinajstić information content (AvgIpc) is 2.84. The highest BCUT2D eigenvalue weighted by Gasteiger charge is 2.24. The molecule has 1 saturated heterocycles. The number of fused-ring (bicyclic) bond motifs is 1. The SMILES string of the molecule is CCNCc1c(N2CCCCC2C)nc2ccccn12. The van der Waals surface area contributed by atoms with Gasteiger partial charge in [-0.3, -0.25) is 0 Å². The summed E-state index contributed by atoms with van der Waals surface area (Å²) in [5, 5.41) is 3.45. The summed E-state index contributed by atoms with van der Waals surface area (Å²) in [5.41, 5.74) is 2.34. The Hall–Kier alpha value is -1.55. The molecular weight excluding hydrogens is 248 g/mol. The van der Waals surface area contributed by atoms with Crippen LogP contribution in [0.2, 0.25) is 0 Å². The molecule has 0 spiro atoms. The van der Waals surface area contributed by atoms with E-state index in [0.29, 0.717) is 6.04 Å². The van der Waals surface area contributed by atoms with Crippen LogP contribution in [0.25, 0.3) is 5.65 Å². The van der Waals surface area contributed by atoms with E-state index in [1.54, 1.807) is 0 Å². The van der Waals surface area contributed by atoms with E-state index < -0.39 is 0 Å². The normalized spacial score (nSPS) is 19.7. The maximum atomic E-state index is 4.89. The van der Waals surface area contributed by atoms with Crippen LogP contribution in [0.4, 0.5) is 5.82 Å². The van der Waals surface area contributed by atoms with Crippen LogP contribution in [-0.2, 0) is 6.54 Å². The van der Waals surface area contributed by atoms with E-state index in [1.165, 1.54) is 30.8 Å². The van der Waals surface area contributed by atoms with Crippen molar-refractivity contribution in [1.29, 1.82) is 0 Å². The summed E-state index contributed by atoms with van der Waals surface area (Å²) < 4.78 is 2.22. The molecule has 0 aliphatic carbocycles. The summed E-state index contributed by atoms with van der Waals surface area (Å²) in [7, 11) is 0. The number of nitrogens with zero attached hydrogens (tertiary/aromatic N) is 3. The van der Waals surface area contributed by atoms with E-state index in [4.69, 9.17) is 4.98 Å². The number of rotatable bonds is 4. The van der Waals surface area contributed by atoms with Crippen LogP contribution >= 0.6 is 0 Å². The number of hydrogen-bond donors (Lipinski definition) is 1. The second kappa shape index (κ2) is 5.83. The molecule has 4 nitrogen and oxygen atoms in total. The zero-order valence-corrected chi connectivity index (χ0v) is 12.5. The van der Waals surface area contributed by atoms with Crippen LogP contribution in [0, 0.1) is 0 Å². The number of piperidine rings is 1. The largest absolute Gasteiger partial charge is 0.352 e. The first-order valence-electron chi connectivity index (χ1n) is 7.74. The first-order chi connectivity index (χ1) is 9.81. The topological polar surface area (TPSA) is 32.6 Å². The maximum Gasteiger partial charge on any atom is 0.152 e. The molecular formula is C16H24N4. The van der Waals surface area contributed by atoms with Crippen LogP contribution in [0.5, 0.6) is 0 Å². The predicted molar refractivity (Wildman–Crippen MR) is 83.2 cm³/mol. The Kier molecular flexibility index (Phi) is 3.92. The number of imidazole rings is 1.